The topological polar surface area (TPSA) is 40.5 Å². The van der Waals surface area contributed by atoms with Crippen LogP contribution in [-0.2, 0) is 10.8 Å². The third-order valence-electron chi connectivity index (χ3n) is 8.55. The van der Waals surface area contributed by atoms with Gasteiger partial charge in [-0.25, -0.2) is 0 Å². The van der Waals surface area contributed by atoms with Crippen LogP contribution in [0.15, 0.2) is 97.1 Å². The molecule has 0 spiro atoms. The summed E-state index contributed by atoms with van der Waals surface area (Å²) in [6.45, 7) is 0. The summed E-state index contributed by atoms with van der Waals surface area (Å²) in [6, 6.07) is 33.3. The highest BCUT2D eigenvalue weighted by atomic mass is 127. The highest BCUT2D eigenvalue weighted by Gasteiger charge is 2.40. The second-order valence-corrected chi connectivity index (χ2v) is 13.2. The first-order chi connectivity index (χ1) is 18.4. The third-order valence-corrected chi connectivity index (χ3v) is 9.99. The molecule has 0 aliphatic heterocycles. The largest absolute Gasteiger partial charge is 0.508 e. The van der Waals surface area contributed by atoms with Gasteiger partial charge in [0.25, 0.3) is 0 Å². The number of halogens is 2. The van der Waals surface area contributed by atoms with Gasteiger partial charge in [0.2, 0.25) is 0 Å². The number of phenolic OH excluding ortho intramolecular Hbond substituents is 2. The Morgan fingerprint density at radius 3 is 0.974 bits per heavy atom. The van der Waals surface area contributed by atoms with Crippen LogP contribution in [0.25, 0.3) is 0 Å². The number of benzene rings is 4. The maximum Gasteiger partial charge on any atom is 0.115 e. The molecule has 0 amide bonds. The van der Waals surface area contributed by atoms with Gasteiger partial charge in [-0.15, -0.1) is 0 Å². The monoisotopic (exact) mass is 728 g/mol. The van der Waals surface area contributed by atoms with Gasteiger partial charge in [0.1, 0.15) is 11.5 Å². The minimum absolute atomic E-state index is 0.135. The molecular formula is C34H34I2O2. The Bertz CT molecular complexity index is 1220. The summed E-state index contributed by atoms with van der Waals surface area (Å²) >= 11 is 4.70. The van der Waals surface area contributed by atoms with E-state index in [4.69, 9.17) is 0 Å². The molecule has 0 radical (unpaired) electrons. The number of phenols is 2. The van der Waals surface area contributed by atoms with Crippen molar-refractivity contribution in [2.75, 3.05) is 0 Å². The molecule has 0 unspecified atom stereocenters. The first-order valence-electron chi connectivity index (χ1n) is 13.5. The van der Waals surface area contributed by atoms with E-state index >= 15 is 0 Å². The van der Waals surface area contributed by atoms with E-state index in [2.05, 4.69) is 118 Å². The van der Waals surface area contributed by atoms with Gasteiger partial charge in [0.15, 0.2) is 0 Å². The van der Waals surface area contributed by atoms with Crippen LogP contribution in [0, 0.1) is 7.14 Å². The van der Waals surface area contributed by atoms with Crippen LogP contribution >= 0.6 is 45.2 Å². The van der Waals surface area contributed by atoms with Crippen molar-refractivity contribution in [3.05, 3.63) is 126 Å². The summed E-state index contributed by atoms with van der Waals surface area (Å²) in [5.74, 6) is 0.693. The number of hydrogen-bond acceptors (Lipinski definition) is 2. The fourth-order valence-corrected chi connectivity index (χ4v) is 6.99. The van der Waals surface area contributed by atoms with E-state index < -0.39 is 0 Å². The van der Waals surface area contributed by atoms with Gasteiger partial charge >= 0.3 is 0 Å². The van der Waals surface area contributed by atoms with Gasteiger partial charge in [0, 0.05) is 18.0 Å². The standard InChI is InChI=1S/C18H19IO.C16H15IO/c19-16-8-4-14(5-9-16)18(12-2-1-3-13-18)15-6-10-17(20)11-7-15;17-14-6-2-12(3-7-14)16(10-1-11-16)13-4-8-15(18)9-5-13/h4-11,20H,1-3,12-13H2;2-9,18H,1,10-11H2. The molecule has 4 aromatic carbocycles. The van der Waals surface area contributed by atoms with E-state index in [-0.39, 0.29) is 10.8 Å². The van der Waals surface area contributed by atoms with Crippen LogP contribution in [0.1, 0.15) is 73.6 Å². The Hall–Kier alpha value is -2.06. The molecule has 0 aromatic heterocycles. The molecule has 0 atom stereocenters. The second kappa shape index (κ2) is 12.0. The number of aromatic hydroxyl groups is 2. The van der Waals surface area contributed by atoms with Crippen molar-refractivity contribution in [1.29, 1.82) is 0 Å². The van der Waals surface area contributed by atoms with Crippen molar-refractivity contribution in [2.24, 2.45) is 0 Å². The summed E-state index contributed by atoms with van der Waals surface area (Å²) < 4.78 is 2.56. The zero-order valence-corrected chi connectivity index (χ0v) is 25.9. The molecular weight excluding hydrogens is 694 g/mol. The molecule has 6 rings (SSSR count). The zero-order chi connectivity index (χ0) is 26.6. The summed E-state index contributed by atoms with van der Waals surface area (Å²) in [4.78, 5) is 0. The van der Waals surface area contributed by atoms with Crippen molar-refractivity contribution >= 4 is 45.2 Å². The van der Waals surface area contributed by atoms with Crippen LogP contribution in [0.2, 0.25) is 0 Å². The summed E-state index contributed by atoms with van der Waals surface area (Å²) in [7, 11) is 0. The second-order valence-electron chi connectivity index (χ2n) is 10.7. The van der Waals surface area contributed by atoms with Crippen molar-refractivity contribution in [2.45, 2.75) is 62.2 Å². The zero-order valence-electron chi connectivity index (χ0n) is 21.5. The van der Waals surface area contributed by atoms with Gasteiger partial charge in [-0.2, -0.15) is 0 Å². The molecule has 2 nitrogen and oxygen atoms in total. The molecule has 2 fully saturated rings. The van der Waals surface area contributed by atoms with Crippen LogP contribution < -0.4 is 0 Å². The first-order valence-corrected chi connectivity index (χ1v) is 15.7. The molecule has 4 heteroatoms. The lowest BCUT2D eigenvalue weighted by molar-refractivity contribution is 0.301. The van der Waals surface area contributed by atoms with E-state index in [1.54, 1.807) is 12.1 Å². The Labute approximate surface area is 253 Å². The number of rotatable bonds is 4. The van der Waals surface area contributed by atoms with Gasteiger partial charge in [-0.3, -0.25) is 0 Å². The first kappa shape index (κ1) is 27.5. The van der Waals surface area contributed by atoms with E-state index in [1.807, 2.05) is 12.1 Å². The summed E-state index contributed by atoms with van der Waals surface area (Å²) in [6.07, 6.45) is 10.0. The molecule has 0 saturated heterocycles. The fraction of sp³-hybridized carbons (Fsp3) is 0.294. The lowest BCUT2D eigenvalue weighted by Crippen LogP contribution is -2.35. The van der Waals surface area contributed by atoms with Gasteiger partial charge in [-0.05, 0) is 142 Å². The third kappa shape index (κ3) is 5.76. The van der Waals surface area contributed by atoms with Gasteiger partial charge in [0.05, 0.1) is 0 Å². The average Bonchev–Trinajstić information content (AvgIpc) is 2.92. The molecule has 0 bridgehead atoms. The van der Waals surface area contributed by atoms with Crippen LogP contribution in [-0.4, -0.2) is 10.2 Å². The molecule has 0 heterocycles. The van der Waals surface area contributed by atoms with E-state index in [0.717, 1.165) is 0 Å². The quantitative estimate of drug-likeness (QED) is 0.206. The summed E-state index contributed by atoms with van der Waals surface area (Å²) in [5, 5.41) is 19.0. The molecule has 2 aliphatic rings. The van der Waals surface area contributed by atoms with Gasteiger partial charge < -0.3 is 10.2 Å². The molecule has 196 valence electrons. The highest BCUT2D eigenvalue weighted by molar-refractivity contribution is 14.1. The molecule has 2 N–H and O–H groups in total. The Morgan fingerprint density at radius 2 is 0.684 bits per heavy atom. The van der Waals surface area contributed by atoms with E-state index in [9.17, 15) is 10.2 Å². The van der Waals surface area contributed by atoms with Crippen molar-refractivity contribution in [3.8, 4) is 11.5 Å². The predicted molar refractivity (Wildman–Crippen MR) is 173 cm³/mol. The fourth-order valence-electron chi connectivity index (χ4n) is 6.27. The van der Waals surface area contributed by atoms with E-state index in [1.165, 1.54) is 80.8 Å². The predicted octanol–water partition coefficient (Wildman–Crippen LogP) is 9.71. The Kier molecular flexibility index (Phi) is 8.68. The summed E-state index contributed by atoms with van der Waals surface area (Å²) in [5.41, 5.74) is 5.81. The van der Waals surface area contributed by atoms with E-state index in [0.29, 0.717) is 11.5 Å². The van der Waals surface area contributed by atoms with Crippen molar-refractivity contribution in [3.63, 3.8) is 0 Å². The lowest BCUT2D eigenvalue weighted by atomic mass is 9.60. The Morgan fingerprint density at radius 1 is 0.395 bits per heavy atom. The number of hydrogen-bond donors (Lipinski definition) is 2. The van der Waals surface area contributed by atoms with Crippen LogP contribution in [0.5, 0.6) is 11.5 Å². The van der Waals surface area contributed by atoms with Crippen molar-refractivity contribution < 1.29 is 10.2 Å². The minimum Gasteiger partial charge on any atom is -0.508 e. The minimum atomic E-state index is 0.135. The average molecular weight is 728 g/mol. The smallest absolute Gasteiger partial charge is 0.115 e. The maximum absolute atomic E-state index is 9.54. The Balaban J connectivity index is 0.000000156. The highest BCUT2D eigenvalue weighted by Crippen LogP contribution is 2.49. The maximum atomic E-state index is 9.54. The normalized spacial score (nSPS) is 17.5. The molecule has 4 aromatic rings. The molecule has 38 heavy (non-hydrogen) atoms. The lowest BCUT2D eigenvalue weighted by Gasteiger charge is -2.43. The van der Waals surface area contributed by atoms with Crippen LogP contribution in [0.3, 0.4) is 0 Å². The SMILES string of the molecule is Oc1ccc(C2(c3ccc(I)cc3)CCC2)cc1.Oc1ccc(C2(c3ccc(I)cc3)CCCCC2)cc1. The van der Waals surface area contributed by atoms with Crippen LogP contribution in [0.4, 0.5) is 0 Å². The molecule has 2 aliphatic carbocycles. The van der Waals surface area contributed by atoms with Crippen molar-refractivity contribution in [1.82, 2.24) is 0 Å². The van der Waals surface area contributed by atoms with Gasteiger partial charge in [-0.1, -0.05) is 74.2 Å². The molecule has 2 saturated carbocycles.